The summed E-state index contributed by atoms with van der Waals surface area (Å²) >= 11 is 5.93. The van der Waals surface area contributed by atoms with Crippen molar-refractivity contribution < 1.29 is 9.53 Å². The molecule has 21 heavy (non-hydrogen) atoms. The van der Waals surface area contributed by atoms with Gasteiger partial charge < -0.3 is 9.14 Å². The van der Waals surface area contributed by atoms with Gasteiger partial charge in [0.05, 0.1) is 6.61 Å². The van der Waals surface area contributed by atoms with Gasteiger partial charge in [0, 0.05) is 22.3 Å². The Kier molecular flexibility index (Phi) is 3.67. The number of pyridine rings is 1. The fourth-order valence-electron chi connectivity index (χ4n) is 2.38. The zero-order valence-electron chi connectivity index (χ0n) is 11.5. The minimum Gasteiger partial charge on any atom is -0.461 e. The molecule has 0 spiro atoms. The van der Waals surface area contributed by atoms with Gasteiger partial charge in [-0.1, -0.05) is 29.8 Å². The van der Waals surface area contributed by atoms with E-state index in [2.05, 4.69) is 0 Å². The van der Waals surface area contributed by atoms with E-state index in [1.54, 1.807) is 6.92 Å². The molecule has 0 fully saturated rings. The normalized spacial score (nSPS) is 10.8. The second kappa shape index (κ2) is 5.62. The maximum Gasteiger partial charge on any atom is 0.355 e. The van der Waals surface area contributed by atoms with Crippen LogP contribution in [-0.2, 0) is 4.74 Å². The number of benzene rings is 1. The second-order valence-electron chi connectivity index (χ2n) is 4.63. The van der Waals surface area contributed by atoms with Crippen LogP contribution in [-0.4, -0.2) is 17.0 Å². The first-order valence-corrected chi connectivity index (χ1v) is 7.11. The Labute approximate surface area is 127 Å². The minimum atomic E-state index is -0.325. The van der Waals surface area contributed by atoms with Gasteiger partial charge in [-0.25, -0.2) is 4.79 Å². The molecule has 106 valence electrons. The SMILES string of the molecule is CCOC(=O)c1c(-c2ccc(Cl)cc2)cc2ccccn12. The number of nitrogens with zero attached hydrogens (tertiary/aromatic N) is 1. The Morgan fingerprint density at radius 2 is 1.95 bits per heavy atom. The molecule has 0 saturated carbocycles. The van der Waals surface area contributed by atoms with E-state index in [-0.39, 0.29) is 5.97 Å². The molecule has 0 bridgehead atoms. The van der Waals surface area contributed by atoms with Crippen molar-refractivity contribution >= 4 is 23.1 Å². The summed E-state index contributed by atoms with van der Waals surface area (Å²) in [4.78, 5) is 12.3. The van der Waals surface area contributed by atoms with Crippen LogP contribution < -0.4 is 0 Å². The molecule has 3 rings (SSSR count). The van der Waals surface area contributed by atoms with Gasteiger partial charge in [0.1, 0.15) is 5.69 Å². The fourth-order valence-corrected chi connectivity index (χ4v) is 2.51. The molecule has 2 heterocycles. The third kappa shape index (κ3) is 2.52. The summed E-state index contributed by atoms with van der Waals surface area (Å²) in [6.45, 7) is 2.15. The molecular formula is C17H14ClNO2. The van der Waals surface area contributed by atoms with E-state index in [0.717, 1.165) is 16.6 Å². The predicted octanol–water partition coefficient (Wildman–Crippen LogP) is 4.44. The zero-order valence-corrected chi connectivity index (χ0v) is 12.3. The third-order valence-corrected chi connectivity index (χ3v) is 3.56. The predicted molar refractivity (Wildman–Crippen MR) is 83.8 cm³/mol. The monoisotopic (exact) mass is 299 g/mol. The van der Waals surface area contributed by atoms with E-state index in [9.17, 15) is 4.79 Å². The highest BCUT2D eigenvalue weighted by atomic mass is 35.5. The van der Waals surface area contributed by atoms with E-state index in [1.807, 2.05) is 59.1 Å². The lowest BCUT2D eigenvalue weighted by Gasteiger charge is -2.06. The standard InChI is InChI=1S/C17H14ClNO2/c1-2-21-17(20)16-15(12-6-8-13(18)9-7-12)11-14-5-3-4-10-19(14)16/h3-11H,2H2,1H3. The van der Waals surface area contributed by atoms with Gasteiger partial charge in [-0.2, -0.15) is 0 Å². The summed E-state index contributed by atoms with van der Waals surface area (Å²) in [5, 5.41) is 0.667. The maximum atomic E-state index is 12.3. The summed E-state index contributed by atoms with van der Waals surface area (Å²) in [5.41, 5.74) is 3.27. The topological polar surface area (TPSA) is 30.7 Å². The van der Waals surface area contributed by atoms with Gasteiger partial charge in [0.25, 0.3) is 0 Å². The number of ether oxygens (including phenoxy) is 1. The summed E-state index contributed by atoms with van der Waals surface area (Å²) in [7, 11) is 0. The second-order valence-corrected chi connectivity index (χ2v) is 5.07. The molecule has 0 radical (unpaired) electrons. The van der Waals surface area contributed by atoms with Crippen LogP contribution >= 0.6 is 11.6 Å². The number of fused-ring (bicyclic) bond motifs is 1. The number of carbonyl (C=O) groups is 1. The highest BCUT2D eigenvalue weighted by Crippen LogP contribution is 2.29. The number of hydrogen-bond acceptors (Lipinski definition) is 2. The molecule has 0 N–H and O–H groups in total. The molecule has 0 aliphatic carbocycles. The van der Waals surface area contributed by atoms with Gasteiger partial charge in [0.2, 0.25) is 0 Å². The van der Waals surface area contributed by atoms with Crippen LogP contribution in [0.5, 0.6) is 0 Å². The van der Waals surface area contributed by atoms with Crippen LogP contribution in [0.1, 0.15) is 17.4 Å². The molecule has 0 amide bonds. The van der Waals surface area contributed by atoms with Crippen molar-refractivity contribution in [2.45, 2.75) is 6.92 Å². The lowest BCUT2D eigenvalue weighted by molar-refractivity contribution is 0.0519. The van der Waals surface area contributed by atoms with E-state index in [1.165, 1.54) is 0 Å². The summed E-state index contributed by atoms with van der Waals surface area (Å²) in [6, 6.07) is 15.2. The van der Waals surface area contributed by atoms with Gasteiger partial charge in [-0.05, 0) is 42.8 Å². The molecule has 0 atom stereocenters. The highest BCUT2D eigenvalue weighted by Gasteiger charge is 2.19. The maximum absolute atomic E-state index is 12.3. The molecule has 1 aromatic carbocycles. The van der Waals surface area contributed by atoms with E-state index in [0.29, 0.717) is 17.3 Å². The van der Waals surface area contributed by atoms with Crippen LogP contribution in [0.2, 0.25) is 5.02 Å². The molecule has 0 saturated heterocycles. The lowest BCUT2D eigenvalue weighted by atomic mass is 10.1. The average molecular weight is 300 g/mol. The molecule has 4 heteroatoms. The van der Waals surface area contributed by atoms with Gasteiger partial charge in [0.15, 0.2) is 0 Å². The van der Waals surface area contributed by atoms with Crippen molar-refractivity contribution in [3.8, 4) is 11.1 Å². The molecule has 3 aromatic rings. The molecule has 0 unspecified atom stereocenters. The fraction of sp³-hybridized carbons (Fsp3) is 0.118. The van der Waals surface area contributed by atoms with Crippen molar-refractivity contribution in [3.05, 3.63) is 65.4 Å². The third-order valence-electron chi connectivity index (χ3n) is 3.30. The first-order valence-electron chi connectivity index (χ1n) is 6.74. The van der Waals surface area contributed by atoms with Crippen molar-refractivity contribution in [2.75, 3.05) is 6.61 Å². The Bertz CT molecular complexity index is 790. The van der Waals surface area contributed by atoms with Crippen LogP contribution in [0.4, 0.5) is 0 Å². The zero-order chi connectivity index (χ0) is 14.8. The largest absolute Gasteiger partial charge is 0.461 e. The summed E-state index contributed by atoms with van der Waals surface area (Å²) in [6.07, 6.45) is 1.86. The van der Waals surface area contributed by atoms with Crippen molar-refractivity contribution in [3.63, 3.8) is 0 Å². The Hall–Kier alpha value is -2.26. The van der Waals surface area contributed by atoms with E-state index < -0.39 is 0 Å². The quantitative estimate of drug-likeness (QED) is 0.670. The highest BCUT2D eigenvalue weighted by molar-refractivity contribution is 6.30. The van der Waals surface area contributed by atoms with Crippen LogP contribution in [0.15, 0.2) is 54.7 Å². The van der Waals surface area contributed by atoms with Crippen molar-refractivity contribution in [2.24, 2.45) is 0 Å². The molecule has 0 aliphatic rings. The number of carbonyl (C=O) groups excluding carboxylic acids is 1. The van der Waals surface area contributed by atoms with E-state index >= 15 is 0 Å². The number of esters is 1. The van der Waals surface area contributed by atoms with Crippen LogP contribution in [0.25, 0.3) is 16.6 Å². The molecule has 3 nitrogen and oxygen atoms in total. The number of halogens is 1. The van der Waals surface area contributed by atoms with Crippen molar-refractivity contribution in [1.29, 1.82) is 0 Å². The summed E-state index contributed by atoms with van der Waals surface area (Å²) < 4.78 is 7.04. The molecular weight excluding hydrogens is 286 g/mol. The first-order chi connectivity index (χ1) is 10.2. The van der Waals surface area contributed by atoms with Gasteiger partial charge in [-0.3, -0.25) is 0 Å². The molecule has 2 aromatic heterocycles. The Morgan fingerprint density at radius 1 is 1.19 bits per heavy atom. The number of aromatic nitrogens is 1. The minimum absolute atomic E-state index is 0.325. The smallest absolute Gasteiger partial charge is 0.355 e. The first kappa shape index (κ1) is 13.7. The average Bonchev–Trinajstić information content (AvgIpc) is 2.87. The number of rotatable bonds is 3. The molecule has 0 aliphatic heterocycles. The van der Waals surface area contributed by atoms with Crippen molar-refractivity contribution in [1.82, 2.24) is 4.40 Å². The number of hydrogen-bond donors (Lipinski definition) is 0. The van der Waals surface area contributed by atoms with Gasteiger partial charge >= 0.3 is 5.97 Å². The Morgan fingerprint density at radius 3 is 2.67 bits per heavy atom. The van der Waals surface area contributed by atoms with Crippen LogP contribution in [0, 0.1) is 0 Å². The van der Waals surface area contributed by atoms with E-state index in [4.69, 9.17) is 16.3 Å². The van der Waals surface area contributed by atoms with Gasteiger partial charge in [-0.15, -0.1) is 0 Å². The summed E-state index contributed by atoms with van der Waals surface area (Å²) in [5.74, 6) is -0.325. The Balaban J connectivity index is 2.23. The lowest BCUT2D eigenvalue weighted by Crippen LogP contribution is -2.09. The van der Waals surface area contributed by atoms with Crippen LogP contribution in [0.3, 0.4) is 0 Å².